The molecule has 0 unspecified atom stereocenters. The van der Waals surface area contributed by atoms with Gasteiger partial charge in [0.1, 0.15) is 0 Å². The molecular weight excluding hydrogens is 228 g/mol. The standard InChI is InChI=1S/C13H14N4O/c18-13(17-12-10-14-8-9-15-12)16-7-6-11-4-2-1-3-5-11/h1-5,8-10H,6-7H2,(H2,15,16,17,18). The molecule has 0 radical (unpaired) electrons. The maximum atomic E-state index is 11.5. The fraction of sp³-hybridized carbons (Fsp3) is 0.154. The molecule has 0 bridgehead atoms. The molecule has 18 heavy (non-hydrogen) atoms. The highest BCUT2D eigenvalue weighted by Crippen LogP contribution is 1.99. The van der Waals surface area contributed by atoms with Gasteiger partial charge in [-0.25, -0.2) is 9.78 Å². The smallest absolute Gasteiger partial charge is 0.320 e. The summed E-state index contributed by atoms with van der Waals surface area (Å²) in [5.74, 6) is 0.440. The number of anilines is 1. The van der Waals surface area contributed by atoms with Crippen molar-refractivity contribution in [3.63, 3.8) is 0 Å². The third-order valence-electron chi connectivity index (χ3n) is 2.35. The van der Waals surface area contributed by atoms with Crippen LogP contribution >= 0.6 is 0 Å². The van der Waals surface area contributed by atoms with E-state index in [2.05, 4.69) is 20.6 Å². The van der Waals surface area contributed by atoms with E-state index in [-0.39, 0.29) is 6.03 Å². The van der Waals surface area contributed by atoms with Crippen LogP contribution in [0, 0.1) is 0 Å². The van der Waals surface area contributed by atoms with Crippen LogP contribution in [0.2, 0.25) is 0 Å². The van der Waals surface area contributed by atoms with E-state index in [1.807, 2.05) is 30.3 Å². The summed E-state index contributed by atoms with van der Waals surface area (Å²) in [4.78, 5) is 19.3. The zero-order valence-electron chi connectivity index (χ0n) is 9.84. The molecule has 0 spiro atoms. The van der Waals surface area contributed by atoms with E-state index in [0.29, 0.717) is 12.4 Å². The minimum Gasteiger partial charge on any atom is -0.337 e. The quantitative estimate of drug-likeness (QED) is 0.859. The molecule has 1 aromatic heterocycles. The molecule has 1 aromatic carbocycles. The van der Waals surface area contributed by atoms with Gasteiger partial charge in [-0.3, -0.25) is 10.3 Å². The molecule has 0 aliphatic carbocycles. The molecule has 1 heterocycles. The van der Waals surface area contributed by atoms with Crippen LogP contribution in [0.3, 0.4) is 0 Å². The Morgan fingerprint density at radius 1 is 1.17 bits per heavy atom. The number of urea groups is 1. The highest BCUT2D eigenvalue weighted by Gasteiger charge is 2.01. The molecule has 2 rings (SSSR count). The maximum absolute atomic E-state index is 11.5. The maximum Gasteiger partial charge on any atom is 0.320 e. The molecule has 0 fully saturated rings. The molecule has 2 N–H and O–H groups in total. The molecule has 5 heteroatoms. The molecule has 0 saturated heterocycles. The number of carbonyl (C=O) groups excluding carboxylic acids is 1. The van der Waals surface area contributed by atoms with E-state index < -0.39 is 0 Å². The Balaban J connectivity index is 1.73. The first-order valence-electron chi connectivity index (χ1n) is 5.69. The van der Waals surface area contributed by atoms with Gasteiger partial charge in [0.25, 0.3) is 0 Å². The fourth-order valence-corrected chi connectivity index (χ4v) is 1.49. The number of benzene rings is 1. The van der Waals surface area contributed by atoms with Gasteiger partial charge in [0.2, 0.25) is 0 Å². The van der Waals surface area contributed by atoms with Crippen LogP contribution in [-0.2, 0) is 6.42 Å². The second-order valence-electron chi connectivity index (χ2n) is 3.71. The monoisotopic (exact) mass is 242 g/mol. The van der Waals surface area contributed by atoms with Crippen LogP contribution in [0.4, 0.5) is 10.6 Å². The SMILES string of the molecule is O=C(NCCc1ccccc1)Nc1cnccn1. The zero-order chi connectivity index (χ0) is 12.6. The Morgan fingerprint density at radius 3 is 2.72 bits per heavy atom. The first kappa shape index (κ1) is 12.0. The zero-order valence-corrected chi connectivity index (χ0v) is 9.84. The lowest BCUT2D eigenvalue weighted by Gasteiger charge is -2.06. The Hall–Kier alpha value is -2.43. The Morgan fingerprint density at radius 2 is 2.00 bits per heavy atom. The van der Waals surface area contributed by atoms with E-state index >= 15 is 0 Å². The third kappa shape index (κ3) is 3.86. The topological polar surface area (TPSA) is 66.9 Å². The summed E-state index contributed by atoms with van der Waals surface area (Å²) >= 11 is 0. The minimum absolute atomic E-state index is 0.272. The van der Waals surface area contributed by atoms with Gasteiger partial charge in [-0.2, -0.15) is 0 Å². The molecule has 0 atom stereocenters. The molecule has 0 aliphatic heterocycles. The van der Waals surface area contributed by atoms with Crippen molar-refractivity contribution in [1.82, 2.24) is 15.3 Å². The molecule has 2 aromatic rings. The summed E-state index contributed by atoms with van der Waals surface area (Å²) in [5, 5.41) is 5.37. The van der Waals surface area contributed by atoms with Crippen molar-refractivity contribution in [3.05, 3.63) is 54.5 Å². The van der Waals surface area contributed by atoms with Crippen LogP contribution in [0.1, 0.15) is 5.56 Å². The lowest BCUT2D eigenvalue weighted by atomic mass is 10.1. The van der Waals surface area contributed by atoms with Crippen molar-refractivity contribution in [2.24, 2.45) is 0 Å². The van der Waals surface area contributed by atoms with Crippen molar-refractivity contribution in [3.8, 4) is 0 Å². The highest BCUT2D eigenvalue weighted by atomic mass is 16.2. The van der Waals surface area contributed by atoms with Gasteiger partial charge in [0, 0.05) is 18.9 Å². The normalized spacial score (nSPS) is 9.78. The van der Waals surface area contributed by atoms with Gasteiger partial charge in [-0.1, -0.05) is 30.3 Å². The molecule has 5 nitrogen and oxygen atoms in total. The van der Waals surface area contributed by atoms with Crippen LogP contribution in [0.5, 0.6) is 0 Å². The molecule has 0 aliphatic rings. The lowest BCUT2D eigenvalue weighted by Crippen LogP contribution is -2.30. The van der Waals surface area contributed by atoms with Crippen LogP contribution in [-0.4, -0.2) is 22.5 Å². The fourth-order valence-electron chi connectivity index (χ4n) is 1.49. The summed E-state index contributed by atoms with van der Waals surface area (Å²) in [6, 6.07) is 9.72. The number of hydrogen-bond donors (Lipinski definition) is 2. The van der Waals surface area contributed by atoms with Gasteiger partial charge < -0.3 is 5.32 Å². The van der Waals surface area contributed by atoms with E-state index in [4.69, 9.17) is 0 Å². The predicted molar refractivity (Wildman–Crippen MR) is 69.2 cm³/mol. The summed E-state index contributed by atoms with van der Waals surface area (Å²) in [6.45, 7) is 0.579. The van der Waals surface area contributed by atoms with E-state index in [1.165, 1.54) is 18.0 Å². The highest BCUT2D eigenvalue weighted by molar-refractivity contribution is 5.87. The molecule has 2 amide bonds. The minimum atomic E-state index is -0.272. The third-order valence-corrected chi connectivity index (χ3v) is 2.35. The summed E-state index contributed by atoms with van der Waals surface area (Å²) in [6.07, 6.45) is 5.38. The van der Waals surface area contributed by atoms with E-state index in [9.17, 15) is 4.79 Å². The predicted octanol–water partition coefficient (Wildman–Crippen LogP) is 1.84. The summed E-state index contributed by atoms with van der Waals surface area (Å²) in [5.41, 5.74) is 1.19. The van der Waals surface area contributed by atoms with Gasteiger partial charge in [-0.05, 0) is 12.0 Å². The number of nitrogens with zero attached hydrogens (tertiary/aromatic N) is 2. The van der Waals surface area contributed by atoms with E-state index in [0.717, 1.165) is 6.42 Å². The second-order valence-corrected chi connectivity index (χ2v) is 3.71. The molecule has 0 saturated carbocycles. The average molecular weight is 242 g/mol. The van der Waals surface area contributed by atoms with Gasteiger partial charge in [0.05, 0.1) is 6.20 Å². The van der Waals surface area contributed by atoms with Crippen molar-refractivity contribution >= 4 is 11.8 Å². The Bertz CT molecular complexity index is 487. The largest absolute Gasteiger partial charge is 0.337 e. The molecule has 92 valence electrons. The summed E-state index contributed by atoms with van der Waals surface area (Å²) in [7, 11) is 0. The Labute approximate surface area is 105 Å². The number of carbonyl (C=O) groups is 1. The Kier molecular flexibility index (Phi) is 4.24. The van der Waals surface area contributed by atoms with Crippen LogP contribution in [0.25, 0.3) is 0 Å². The van der Waals surface area contributed by atoms with E-state index in [1.54, 1.807) is 6.20 Å². The van der Waals surface area contributed by atoms with Gasteiger partial charge in [0.15, 0.2) is 5.82 Å². The van der Waals surface area contributed by atoms with Crippen LogP contribution in [0.15, 0.2) is 48.9 Å². The van der Waals surface area contributed by atoms with Gasteiger partial charge in [-0.15, -0.1) is 0 Å². The van der Waals surface area contributed by atoms with Crippen LogP contribution < -0.4 is 10.6 Å². The van der Waals surface area contributed by atoms with Gasteiger partial charge >= 0.3 is 6.03 Å². The number of amides is 2. The second kappa shape index (κ2) is 6.34. The van der Waals surface area contributed by atoms with Crippen molar-refractivity contribution < 1.29 is 4.79 Å². The first-order chi connectivity index (χ1) is 8.84. The molecular formula is C13H14N4O. The van der Waals surface area contributed by atoms with Crippen molar-refractivity contribution in [1.29, 1.82) is 0 Å². The number of rotatable bonds is 4. The number of nitrogens with one attached hydrogen (secondary N) is 2. The first-order valence-corrected chi connectivity index (χ1v) is 5.69. The number of hydrogen-bond acceptors (Lipinski definition) is 3. The van der Waals surface area contributed by atoms with Crippen molar-refractivity contribution in [2.45, 2.75) is 6.42 Å². The summed E-state index contributed by atoms with van der Waals surface area (Å²) < 4.78 is 0. The number of aromatic nitrogens is 2. The van der Waals surface area contributed by atoms with Crippen molar-refractivity contribution in [2.75, 3.05) is 11.9 Å². The average Bonchev–Trinajstić information content (AvgIpc) is 2.41. The lowest BCUT2D eigenvalue weighted by molar-refractivity contribution is 0.252.